The number of nitrogens with zero attached hydrogens (tertiary/aromatic N) is 4. The lowest BCUT2D eigenvalue weighted by molar-refractivity contribution is -0.368. The Morgan fingerprint density at radius 3 is 3.00 bits per heavy atom. The summed E-state index contributed by atoms with van der Waals surface area (Å²) in [6, 6.07) is 8.13. The van der Waals surface area contributed by atoms with Crippen molar-refractivity contribution >= 4 is 28.1 Å². The van der Waals surface area contributed by atoms with Crippen molar-refractivity contribution < 1.29 is 10.5 Å². The Kier molecular flexibility index (Phi) is 6.06. The summed E-state index contributed by atoms with van der Waals surface area (Å²) in [6.07, 6.45) is 4.38. The molecule has 0 unspecified atom stereocenters. The number of aromatic nitrogens is 4. The quantitative estimate of drug-likeness (QED) is 0.466. The largest absolute Gasteiger partial charge is 0.497 e. The molecule has 24 heavy (non-hydrogen) atoms. The van der Waals surface area contributed by atoms with Crippen molar-refractivity contribution in [1.29, 1.82) is 0 Å². The molecular weight excluding hydrogens is 342 g/mol. The first kappa shape index (κ1) is 17.2. The Morgan fingerprint density at radius 2 is 2.17 bits per heavy atom. The fraction of sp³-hybridized carbons (Fsp3) is 0.438. The maximum atomic E-state index is 5.26. The van der Waals surface area contributed by atoms with Crippen LogP contribution in [0.5, 0.6) is 5.75 Å². The predicted octanol–water partition coefficient (Wildman–Crippen LogP) is 2.44. The smallest absolute Gasteiger partial charge is 0.235 e. The maximum absolute atomic E-state index is 5.26. The van der Waals surface area contributed by atoms with Crippen LogP contribution in [0.1, 0.15) is 30.7 Å². The zero-order valence-electron chi connectivity index (χ0n) is 13.8. The van der Waals surface area contributed by atoms with Gasteiger partial charge in [0.25, 0.3) is 0 Å². The van der Waals surface area contributed by atoms with Gasteiger partial charge in [0.05, 0.1) is 13.7 Å². The number of thioether (sulfide) groups is 1. The van der Waals surface area contributed by atoms with Gasteiger partial charge in [-0.1, -0.05) is 35.2 Å². The third-order valence-electron chi connectivity index (χ3n) is 3.68. The first-order chi connectivity index (χ1) is 11.8. The first-order valence-electron chi connectivity index (χ1n) is 8.06. The summed E-state index contributed by atoms with van der Waals surface area (Å²) >= 11 is 3.31. The molecule has 0 amide bonds. The summed E-state index contributed by atoms with van der Waals surface area (Å²) < 4.78 is 8.17. The summed E-state index contributed by atoms with van der Waals surface area (Å²) in [7, 11) is 1.69. The maximum Gasteiger partial charge on any atom is 0.235 e. The molecule has 0 aliphatic heterocycles. The van der Waals surface area contributed by atoms with Gasteiger partial charge < -0.3 is 10.5 Å². The zero-order chi connectivity index (χ0) is 16.8. The van der Waals surface area contributed by atoms with Crippen molar-refractivity contribution in [1.82, 2.24) is 19.8 Å². The molecular formula is C16H22N5OS2+. The SMILES string of the molecule is COc1cccc(CSc2nn3c(CCCCC[NH3+])nnc3s2)c1. The van der Waals surface area contributed by atoms with E-state index < -0.39 is 0 Å². The van der Waals surface area contributed by atoms with Gasteiger partial charge in [0.2, 0.25) is 4.96 Å². The molecule has 0 spiro atoms. The summed E-state index contributed by atoms with van der Waals surface area (Å²) in [4.78, 5) is 0.871. The van der Waals surface area contributed by atoms with Crippen molar-refractivity contribution in [3.8, 4) is 5.75 Å². The number of hydrogen-bond acceptors (Lipinski definition) is 6. The molecule has 0 atom stereocenters. The van der Waals surface area contributed by atoms with Crippen LogP contribution in [0, 0.1) is 0 Å². The van der Waals surface area contributed by atoms with E-state index in [-0.39, 0.29) is 0 Å². The Balaban J connectivity index is 1.62. The predicted molar refractivity (Wildman–Crippen MR) is 96.5 cm³/mol. The number of ether oxygens (including phenoxy) is 1. The number of aryl methyl sites for hydroxylation is 1. The number of benzene rings is 1. The average Bonchev–Trinajstić information content (AvgIpc) is 3.18. The first-order valence-corrected chi connectivity index (χ1v) is 9.86. The lowest BCUT2D eigenvalue weighted by Gasteiger charge is -2.02. The van der Waals surface area contributed by atoms with Crippen LogP contribution in [0.3, 0.4) is 0 Å². The number of hydrogen-bond donors (Lipinski definition) is 1. The molecule has 3 aromatic rings. The van der Waals surface area contributed by atoms with Crippen LogP contribution < -0.4 is 10.5 Å². The second-order valence-electron chi connectivity index (χ2n) is 5.48. The summed E-state index contributed by atoms with van der Waals surface area (Å²) in [5.41, 5.74) is 5.10. The highest BCUT2D eigenvalue weighted by atomic mass is 32.2. The Bertz CT molecular complexity index is 786. The van der Waals surface area contributed by atoms with Crippen molar-refractivity contribution in [3.05, 3.63) is 35.7 Å². The summed E-state index contributed by atoms with van der Waals surface area (Å²) in [5, 5.41) is 13.2. The van der Waals surface area contributed by atoms with Gasteiger partial charge in [-0.3, -0.25) is 0 Å². The molecule has 6 nitrogen and oxygen atoms in total. The van der Waals surface area contributed by atoms with Gasteiger partial charge in [-0.15, -0.1) is 15.3 Å². The highest BCUT2D eigenvalue weighted by molar-refractivity contribution is 8.00. The average molecular weight is 365 g/mol. The van der Waals surface area contributed by atoms with Crippen LogP contribution in [-0.2, 0) is 12.2 Å². The lowest BCUT2D eigenvalue weighted by atomic mass is 10.2. The van der Waals surface area contributed by atoms with E-state index in [4.69, 9.17) is 4.74 Å². The second kappa shape index (κ2) is 8.46. The van der Waals surface area contributed by atoms with Gasteiger partial charge in [0, 0.05) is 12.2 Å². The monoisotopic (exact) mass is 364 g/mol. The van der Waals surface area contributed by atoms with Crippen LogP contribution in [0.2, 0.25) is 0 Å². The molecule has 0 aliphatic carbocycles. The molecule has 8 heteroatoms. The van der Waals surface area contributed by atoms with Gasteiger partial charge >= 0.3 is 0 Å². The molecule has 3 N–H and O–H groups in total. The molecule has 1 aromatic carbocycles. The number of quaternary nitrogens is 1. The Morgan fingerprint density at radius 1 is 1.25 bits per heavy atom. The van der Waals surface area contributed by atoms with E-state index in [1.165, 1.54) is 18.4 Å². The Hall–Kier alpha value is -1.64. The molecule has 3 rings (SSSR count). The van der Waals surface area contributed by atoms with Crippen LogP contribution in [0.15, 0.2) is 28.6 Å². The van der Waals surface area contributed by atoms with Crippen molar-refractivity contribution in [2.24, 2.45) is 0 Å². The van der Waals surface area contributed by atoms with E-state index in [2.05, 4.69) is 33.2 Å². The molecule has 0 saturated heterocycles. The number of unbranched alkanes of at least 4 members (excludes halogenated alkanes) is 2. The third kappa shape index (κ3) is 4.25. The van der Waals surface area contributed by atoms with Gasteiger partial charge in [0.1, 0.15) is 5.75 Å². The molecule has 0 radical (unpaired) electrons. The molecule has 128 valence electrons. The minimum atomic E-state index is 0.861. The standard InChI is InChI=1S/C16H21N5OS2/c1-22-13-7-5-6-12(10-13)11-23-16-20-21-14(8-3-2-4-9-17)18-19-15(21)24-16/h5-7,10H,2-4,8-9,11,17H2,1H3/p+1. The zero-order valence-corrected chi connectivity index (χ0v) is 15.4. The molecule has 2 aromatic heterocycles. The fourth-order valence-electron chi connectivity index (χ4n) is 2.40. The molecule has 2 heterocycles. The van der Waals surface area contributed by atoms with Crippen LogP contribution in [0.4, 0.5) is 0 Å². The van der Waals surface area contributed by atoms with Gasteiger partial charge in [0.15, 0.2) is 10.2 Å². The molecule has 0 aliphatic rings. The highest BCUT2D eigenvalue weighted by Gasteiger charge is 2.12. The van der Waals surface area contributed by atoms with Crippen molar-refractivity contribution in [3.63, 3.8) is 0 Å². The van der Waals surface area contributed by atoms with Crippen LogP contribution in [-0.4, -0.2) is 33.5 Å². The number of rotatable bonds is 9. The van der Waals surface area contributed by atoms with E-state index in [1.807, 2.05) is 16.6 Å². The summed E-state index contributed by atoms with van der Waals surface area (Å²) in [6.45, 7) is 0.997. The van der Waals surface area contributed by atoms with E-state index in [9.17, 15) is 0 Å². The van der Waals surface area contributed by atoms with E-state index in [0.717, 1.165) is 46.0 Å². The van der Waals surface area contributed by atoms with Gasteiger partial charge in [-0.2, -0.15) is 4.52 Å². The Labute approximate surface area is 149 Å². The fourth-order valence-corrected chi connectivity index (χ4v) is 4.24. The van der Waals surface area contributed by atoms with Crippen molar-refractivity contribution in [2.75, 3.05) is 13.7 Å². The van der Waals surface area contributed by atoms with E-state index in [1.54, 1.807) is 30.2 Å². The number of methoxy groups -OCH3 is 1. The topological polar surface area (TPSA) is 80.0 Å². The highest BCUT2D eigenvalue weighted by Crippen LogP contribution is 2.28. The molecule has 0 bridgehead atoms. The van der Waals surface area contributed by atoms with E-state index in [0.29, 0.717) is 0 Å². The number of fused-ring (bicyclic) bond motifs is 1. The van der Waals surface area contributed by atoms with Crippen molar-refractivity contribution in [2.45, 2.75) is 35.8 Å². The second-order valence-corrected chi connectivity index (χ2v) is 7.66. The minimum Gasteiger partial charge on any atom is -0.497 e. The lowest BCUT2D eigenvalue weighted by Crippen LogP contribution is -2.50. The summed E-state index contributed by atoms with van der Waals surface area (Å²) in [5.74, 6) is 2.70. The normalized spacial score (nSPS) is 11.2. The van der Waals surface area contributed by atoms with Gasteiger partial charge in [-0.25, -0.2) is 0 Å². The van der Waals surface area contributed by atoms with Crippen LogP contribution >= 0.6 is 23.1 Å². The third-order valence-corrected chi connectivity index (χ3v) is 5.79. The van der Waals surface area contributed by atoms with Crippen LogP contribution in [0.25, 0.3) is 4.96 Å². The van der Waals surface area contributed by atoms with Gasteiger partial charge in [-0.05, 0) is 37.0 Å². The molecule has 0 fully saturated rings. The molecule has 0 saturated carbocycles. The minimum absolute atomic E-state index is 0.861. The van der Waals surface area contributed by atoms with E-state index >= 15 is 0 Å².